The summed E-state index contributed by atoms with van der Waals surface area (Å²) in [4.78, 5) is 38.4. The maximum absolute atomic E-state index is 13.8. The van der Waals surface area contributed by atoms with Crippen LogP contribution in [0, 0.1) is 62.1 Å². The first-order valence-electron chi connectivity index (χ1n) is 20.9. The van der Waals surface area contributed by atoms with Gasteiger partial charge in [-0.15, -0.1) is 0 Å². The highest BCUT2D eigenvalue weighted by Crippen LogP contribution is 2.78. The Hall–Kier alpha value is -2.84. The lowest BCUT2D eigenvalue weighted by Gasteiger charge is -2.73. The van der Waals surface area contributed by atoms with E-state index in [2.05, 4.69) is 53.4 Å². The molecule has 0 bridgehead atoms. The molecule has 1 aromatic rings. The minimum Gasteiger partial charge on any atom is -0.481 e. The monoisotopic (exact) mass is 769 g/mol. The number of hydrogen-bond donors (Lipinski definition) is 2. The first kappa shape index (κ1) is 41.8. The van der Waals surface area contributed by atoms with Gasteiger partial charge < -0.3 is 15.2 Å². The van der Waals surface area contributed by atoms with Crippen LogP contribution in [-0.4, -0.2) is 29.1 Å². The number of allylic oxidation sites excluding steroid dienone is 1. The maximum atomic E-state index is 13.8. The molecular weight excluding hydrogens is 704 g/mol. The van der Waals surface area contributed by atoms with E-state index in [0.29, 0.717) is 41.6 Å². The third-order valence-electron chi connectivity index (χ3n) is 17.0. The zero-order valence-electron chi connectivity index (χ0n) is 34.6. The average molecular weight is 770 g/mol. The molecule has 5 fully saturated rings. The molecule has 0 spiro atoms. The lowest BCUT2D eigenvalue weighted by atomic mass is 9.32. The van der Waals surface area contributed by atoms with Gasteiger partial charge in [-0.3, -0.25) is 14.4 Å². The van der Waals surface area contributed by atoms with Crippen LogP contribution in [0.1, 0.15) is 150 Å². The first-order chi connectivity index (χ1) is 25.4. The fourth-order valence-electron chi connectivity index (χ4n) is 14.3. The summed E-state index contributed by atoms with van der Waals surface area (Å²) in [6.45, 7) is 22.6. The number of hydrogen-bond acceptors (Lipinski definition) is 4. The lowest BCUT2D eigenvalue weighted by molar-refractivity contribution is -0.250. The van der Waals surface area contributed by atoms with Crippen LogP contribution in [-0.2, 0) is 31.8 Å². The number of fused-ring (bicyclic) bond motifs is 7. The second kappa shape index (κ2) is 14.2. The summed E-state index contributed by atoms with van der Waals surface area (Å²) in [5, 5.41) is 12.3. The number of ether oxygens (including phenoxy) is 1. The molecule has 0 aliphatic heterocycles. The Labute approximate surface area is 327 Å². The van der Waals surface area contributed by atoms with Crippen molar-refractivity contribution in [3.8, 4) is 0 Å². The van der Waals surface area contributed by atoms with E-state index in [0.717, 1.165) is 76.3 Å². The van der Waals surface area contributed by atoms with Gasteiger partial charge in [-0.2, -0.15) is 13.2 Å². The molecule has 0 radical (unpaired) electrons. The number of benzene rings is 1. The fraction of sp³-hybridized carbons (Fsp3) is 0.761. The van der Waals surface area contributed by atoms with Gasteiger partial charge in [0.2, 0.25) is 5.91 Å². The van der Waals surface area contributed by atoms with Crippen LogP contribution >= 0.6 is 0 Å². The van der Waals surface area contributed by atoms with Crippen LogP contribution in [0.5, 0.6) is 0 Å². The number of amides is 1. The quantitative estimate of drug-likeness (QED) is 0.183. The molecule has 10 atom stereocenters. The number of carbonyl (C=O) groups excluding carboxylic acids is 2. The first-order valence-corrected chi connectivity index (χ1v) is 20.9. The van der Waals surface area contributed by atoms with E-state index in [1.54, 1.807) is 6.07 Å². The Kier molecular flexibility index (Phi) is 10.8. The summed E-state index contributed by atoms with van der Waals surface area (Å²) in [6, 6.07) is 5.22. The number of alkyl halides is 3. The van der Waals surface area contributed by atoms with Crippen molar-refractivity contribution < 1.29 is 37.4 Å². The normalized spacial score (nSPS) is 38.1. The number of aliphatic carboxylic acids is 1. The largest absolute Gasteiger partial charge is 0.481 e. The van der Waals surface area contributed by atoms with E-state index in [1.807, 2.05) is 13.8 Å². The van der Waals surface area contributed by atoms with E-state index in [-0.39, 0.29) is 64.4 Å². The summed E-state index contributed by atoms with van der Waals surface area (Å²) in [5.41, 5.74) is 0.150. The highest BCUT2D eigenvalue weighted by atomic mass is 19.4. The Bertz CT molecular complexity index is 1680. The minimum absolute atomic E-state index is 0.0766. The van der Waals surface area contributed by atoms with Crippen LogP contribution in [0.25, 0.3) is 0 Å². The molecule has 0 saturated heterocycles. The number of carbonyl (C=O) groups is 3. The molecule has 1 aromatic carbocycles. The molecule has 2 N–H and O–H groups in total. The van der Waals surface area contributed by atoms with E-state index >= 15 is 0 Å². The molecule has 6 rings (SSSR count). The molecule has 0 aromatic heterocycles. The number of carboxylic acids is 1. The Balaban J connectivity index is 1.20. The zero-order valence-corrected chi connectivity index (χ0v) is 34.6. The number of carboxylic acid groups (broad SMARTS) is 1. The summed E-state index contributed by atoms with van der Waals surface area (Å²) in [6.07, 6.45) is 5.99. The predicted octanol–water partition coefficient (Wildman–Crippen LogP) is 11.2. The molecule has 306 valence electrons. The third-order valence-corrected chi connectivity index (χ3v) is 17.0. The van der Waals surface area contributed by atoms with Crippen molar-refractivity contribution in [1.82, 2.24) is 5.32 Å². The van der Waals surface area contributed by atoms with Gasteiger partial charge in [0.1, 0.15) is 6.10 Å². The third kappa shape index (κ3) is 7.30. The predicted molar refractivity (Wildman–Crippen MR) is 207 cm³/mol. The average Bonchev–Trinajstić information content (AvgIpc) is 3.44. The SMILES string of the molecule is C=C(C)[C@@H]1CC[C@]2(CC(=O)NCc3cccc(C(F)(F)F)c3)CC[C@]3(C)[C@H](CC[C@@H]4[C@@]5(C)CC[C@H](OC(=O)CC(C)(C)CC(=O)O)C(C)(C)[C@@H]5CC[C@]43C)[C@@H]12. The van der Waals surface area contributed by atoms with Gasteiger partial charge in [0.15, 0.2) is 0 Å². The van der Waals surface area contributed by atoms with E-state index < -0.39 is 23.1 Å². The van der Waals surface area contributed by atoms with Gasteiger partial charge in [0.05, 0.1) is 18.4 Å². The molecule has 9 heteroatoms. The topological polar surface area (TPSA) is 92.7 Å². The fourth-order valence-corrected chi connectivity index (χ4v) is 14.3. The summed E-state index contributed by atoms with van der Waals surface area (Å²) in [7, 11) is 0. The summed E-state index contributed by atoms with van der Waals surface area (Å²) >= 11 is 0. The lowest BCUT2D eigenvalue weighted by Crippen LogP contribution is -2.67. The standard InChI is InChI=1S/C46H66F3NO5/c1-28(2)31-15-20-45(24-36(51)50-27-29-11-10-12-30(23-29)46(47,48)49)22-21-43(8)32(39(31)45)13-14-34-42(7)18-17-35(41(5,6)33(42)16-19-44(34,43)9)55-38(54)26-40(3,4)25-37(52)53/h10-12,23,31-35,39H,1,13-22,24-27H2,2-9H3,(H,50,51)(H,52,53)/t31-,32+,33-,34+,35-,39+,42-,43+,44+,45+/m0/s1. The molecule has 0 unspecified atom stereocenters. The zero-order chi connectivity index (χ0) is 40.6. The van der Waals surface area contributed by atoms with Gasteiger partial charge in [-0.1, -0.05) is 72.8 Å². The molecule has 0 heterocycles. The molecule has 6 nitrogen and oxygen atoms in total. The van der Waals surface area contributed by atoms with Gasteiger partial charge >= 0.3 is 18.1 Å². The van der Waals surface area contributed by atoms with Crippen LogP contribution in [0.4, 0.5) is 13.2 Å². The van der Waals surface area contributed by atoms with E-state index in [1.165, 1.54) is 11.6 Å². The van der Waals surface area contributed by atoms with Crippen molar-refractivity contribution in [2.45, 2.75) is 158 Å². The molecule has 5 saturated carbocycles. The molecule has 55 heavy (non-hydrogen) atoms. The van der Waals surface area contributed by atoms with Crippen molar-refractivity contribution in [2.24, 2.45) is 62.1 Å². The van der Waals surface area contributed by atoms with Gasteiger partial charge in [0, 0.05) is 18.4 Å². The second-order valence-electron chi connectivity index (χ2n) is 20.9. The van der Waals surface area contributed by atoms with Crippen molar-refractivity contribution in [1.29, 1.82) is 0 Å². The highest BCUT2D eigenvalue weighted by molar-refractivity contribution is 5.77. The molecule has 5 aliphatic rings. The van der Waals surface area contributed by atoms with Crippen LogP contribution in [0.2, 0.25) is 0 Å². The van der Waals surface area contributed by atoms with Crippen LogP contribution in [0.3, 0.4) is 0 Å². The van der Waals surface area contributed by atoms with Gasteiger partial charge in [-0.25, -0.2) is 0 Å². The van der Waals surface area contributed by atoms with Crippen LogP contribution < -0.4 is 5.32 Å². The Morgan fingerprint density at radius 3 is 2.25 bits per heavy atom. The Morgan fingerprint density at radius 2 is 1.60 bits per heavy atom. The summed E-state index contributed by atoms with van der Waals surface area (Å²) in [5.74, 6) is 0.730. The van der Waals surface area contributed by atoms with Crippen molar-refractivity contribution in [2.75, 3.05) is 0 Å². The number of esters is 1. The Morgan fingerprint density at radius 1 is 0.891 bits per heavy atom. The number of nitrogens with one attached hydrogen (secondary N) is 1. The highest BCUT2D eigenvalue weighted by Gasteiger charge is 2.71. The summed E-state index contributed by atoms with van der Waals surface area (Å²) < 4.78 is 46.3. The minimum atomic E-state index is -4.43. The number of rotatable bonds is 10. The number of halogens is 3. The second-order valence-corrected chi connectivity index (χ2v) is 20.9. The smallest absolute Gasteiger partial charge is 0.416 e. The van der Waals surface area contributed by atoms with E-state index in [4.69, 9.17) is 4.74 Å². The van der Waals surface area contributed by atoms with Crippen molar-refractivity contribution in [3.63, 3.8) is 0 Å². The van der Waals surface area contributed by atoms with Gasteiger partial charge in [-0.05, 0) is 145 Å². The van der Waals surface area contributed by atoms with Crippen LogP contribution in [0.15, 0.2) is 36.4 Å². The molecule has 5 aliphatic carbocycles. The van der Waals surface area contributed by atoms with Gasteiger partial charge in [0.25, 0.3) is 0 Å². The maximum Gasteiger partial charge on any atom is 0.416 e. The van der Waals surface area contributed by atoms with E-state index in [9.17, 15) is 32.7 Å². The van der Waals surface area contributed by atoms with Crippen molar-refractivity contribution in [3.05, 3.63) is 47.5 Å². The molecule has 1 amide bonds. The molecular formula is C46H66F3NO5. The van der Waals surface area contributed by atoms with Crippen molar-refractivity contribution >= 4 is 17.8 Å².